The van der Waals surface area contributed by atoms with Crippen molar-refractivity contribution in [1.82, 2.24) is 15.1 Å². The predicted octanol–water partition coefficient (Wildman–Crippen LogP) is 1.19. The van der Waals surface area contributed by atoms with Gasteiger partial charge in [0.2, 0.25) is 0 Å². The van der Waals surface area contributed by atoms with Crippen LogP contribution in [0.25, 0.3) is 0 Å². The van der Waals surface area contributed by atoms with E-state index in [2.05, 4.69) is 15.2 Å². The first-order valence-electron chi connectivity index (χ1n) is 6.40. The first-order valence-corrected chi connectivity index (χ1v) is 6.40. The van der Waals surface area contributed by atoms with Gasteiger partial charge in [0, 0.05) is 20.0 Å². The van der Waals surface area contributed by atoms with Crippen LogP contribution in [0.1, 0.15) is 41.9 Å². The molecule has 0 fully saturated rings. The lowest BCUT2D eigenvalue weighted by Crippen LogP contribution is -2.26. The van der Waals surface area contributed by atoms with Crippen LogP contribution < -0.4 is 5.32 Å². The fourth-order valence-corrected chi connectivity index (χ4v) is 1.79. The van der Waals surface area contributed by atoms with E-state index in [1.165, 1.54) is 7.11 Å². The van der Waals surface area contributed by atoms with E-state index in [9.17, 15) is 9.59 Å². The number of esters is 1. The van der Waals surface area contributed by atoms with Gasteiger partial charge in [0.1, 0.15) is 5.69 Å². The lowest BCUT2D eigenvalue weighted by molar-refractivity contribution is -0.140. The average molecular weight is 267 g/mol. The van der Waals surface area contributed by atoms with Crippen molar-refractivity contribution in [2.45, 2.75) is 32.6 Å². The third kappa shape index (κ3) is 5.11. The minimum Gasteiger partial charge on any atom is -0.469 e. The van der Waals surface area contributed by atoms with Crippen LogP contribution in [0.4, 0.5) is 0 Å². The summed E-state index contributed by atoms with van der Waals surface area (Å²) in [6.45, 7) is 2.45. The molecule has 0 aromatic carbocycles. The van der Waals surface area contributed by atoms with Crippen LogP contribution in [-0.2, 0) is 16.6 Å². The average Bonchev–Trinajstić information content (AvgIpc) is 2.72. The van der Waals surface area contributed by atoms with Crippen molar-refractivity contribution >= 4 is 11.9 Å². The molecule has 1 aromatic heterocycles. The van der Waals surface area contributed by atoms with E-state index in [1.54, 1.807) is 17.8 Å². The fourth-order valence-electron chi connectivity index (χ4n) is 1.79. The highest BCUT2D eigenvalue weighted by atomic mass is 16.5. The molecule has 0 spiro atoms. The van der Waals surface area contributed by atoms with Gasteiger partial charge in [-0.1, -0.05) is 6.42 Å². The van der Waals surface area contributed by atoms with Gasteiger partial charge in [0.05, 0.1) is 12.8 Å². The van der Waals surface area contributed by atoms with Crippen LogP contribution in [0.3, 0.4) is 0 Å². The van der Waals surface area contributed by atoms with Crippen LogP contribution in [0.5, 0.6) is 0 Å². The zero-order valence-electron chi connectivity index (χ0n) is 11.7. The lowest BCUT2D eigenvalue weighted by atomic mass is 10.2. The maximum absolute atomic E-state index is 11.8. The second kappa shape index (κ2) is 7.56. The summed E-state index contributed by atoms with van der Waals surface area (Å²) in [6.07, 6.45) is 2.96. The van der Waals surface area contributed by atoms with Gasteiger partial charge >= 0.3 is 5.97 Å². The number of carbonyl (C=O) groups is 2. The summed E-state index contributed by atoms with van der Waals surface area (Å²) in [5, 5.41) is 6.96. The standard InChI is InChI=1S/C13H21N3O3/c1-10-9-11(16(2)15-10)13(18)14-8-6-4-5-7-12(17)19-3/h9H,4-8H2,1-3H3,(H,14,18). The Kier molecular flexibility index (Phi) is 6.05. The minimum atomic E-state index is -0.186. The first kappa shape index (κ1) is 15.2. The molecule has 6 heteroatoms. The highest BCUT2D eigenvalue weighted by molar-refractivity contribution is 5.92. The van der Waals surface area contributed by atoms with Crippen LogP contribution in [0.2, 0.25) is 0 Å². The van der Waals surface area contributed by atoms with E-state index in [4.69, 9.17) is 0 Å². The smallest absolute Gasteiger partial charge is 0.305 e. The Morgan fingerprint density at radius 1 is 1.37 bits per heavy atom. The molecule has 19 heavy (non-hydrogen) atoms. The summed E-state index contributed by atoms with van der Waals surface area (Å²) in [5.74, 6) is -0.300. The van der Waals surface area contributed by atoms with Gasteiger partial charge in [-0.2, -0.15) is 5.10 Å². The van der Waals surface area contributed by atoms with Crippen molar-refractivity contribution in [2.75, 3.05) is 13.7 Å². The van der Waals surface area contributed by atoms with E-state index in [1.807, 2.05) is 6.92 Å². The van der Waals surface area contributed by atoms with E-state index in [-0.39, 0.29) is 11.9 Å². The van der Waals surface area contributed by atoms with Crippen molar-refractivity contribution in [3.05, 3.63) is 17.5 Å². The Labute approximate surface area is 113 Å². The summed E-state index contributed by atoms with van der Waals surface area (Å²) in [5.41, 5.74) is 1.39. The monoisotopic (exact) mass is 267 g/mol. The van der Waals surface area contributed by atoms with Gasteiger partial charge in [-0.05, 0) is 25.8 Å². The second-order valence-corrected chi connectivity index (χ2v) is 4.44. The van der Waals surface area contributed by atoms with Crippen molar-refractivity contribution in [3.63, 3.8) is 0 Å². The molecule has 1 aromatic rings. The summed E-state index contributed by atoms with van der Waals surface area (Å²) >= 11 is 0. The van der Waals surface area contributed by atoms with Gasteiger partial charge in [0.15, 0.2) is 0 Å². The van der Waals surface area contributed by atoms with Gasteiger partial charge in [-0.15, -0.1) is 0 Å². The van der Waals surface area contributed by atoms with E-state index >= 15 is 0 Å². The molecule has 0 aliphatic rings. The molecule has 1 N–H and O–H groups in total. The Balaban J connectivity index is 2.18. The molecule has 0 bridgehead atoms. The number of hydrogen-bond donors (Lipinski definition) is 1. The zero-order chi connectivity index (χ0) is 14.3. The SMILES string of the molecule is COC(=O)CCCCCNC(=O)c1cc(C)nn1C. The molecular formula is C13H21N3O3. The van der Waals surface area contributed by atoms with E-state index in [0.29, 0.717) is 18.7 Å². The molecule has 1 heterocycles. The number of nitrogens with zero attached hydrogens (tertiary/aromatic N) is 2. The molecule has 0 unspecified atom stereocenters. The first-order chi connectivity index (χ1) is 9.04. The second-order valence-electron chi connectivity index (χ2n) is 4.44. The number of unbranched alkanes of at least 4 members (excludes halogenated alkanes) is 2. The highest BCUT2D eigenvalue weighted by Crippen LogP contribution is 2.03. The molecule has 1 amide bonds. The Hall–Kier alpha value is -1.85. The predicted molar refractivity (Wildman–Crippen MR) is 70.8 cm³/mol. The molecular weight excluding hydrogens is 246 g/mol. The van der Waals surface area contributed by atoms with Crippen LogP contribution in [-0.4, -0.2) is 35.3 Å². The van der Waals surface area contributed by atoms with Crippen molar-refractivity contribution < 1.29 is 14.3 Å². The maximum Gasteiger partial charge on any atom is 0.305 e. The van der Waals surface area contributed by atoms with Gasteiger partial charge in [-0.3, -0.25) is 14.3 Å². The van der Waals surface area contributed by atoms with Gasteiger partial charge in [-0.25, -0.2) is 0 Å². The minimum absolute atomic E-state index is 0.115. The van der Waals surface area contributed by atoms with Crippen LogP contribution in [0.15, 0.2) is 6.07 Å². The third-order valence-corrected chi connectivity index (χ3v) is 2.81. The zero-order valence-corrected chi connectivity index (χ0v) is 11.7. The number of ether oxygens (including phenoxy) is 1. The summed E-state index contributed by atoms with van der Waals surface area (Å²) in [7, 11) is 3.14. The number of aryl methyl sites for hydroxylation is 2. The number of rotatable bonds is 7. The Morgan fingerprint density at radius 3 is 2.68 bits per heavy atom. The summed E-state index contributed by atoms with van der Waals surface area (Å²) < 4.78 is 6.12. The van der Waals surface area contributed by atoms with Crippen molar-refractivity contribution in [1.29, 1.82) is 0 Å². The summed E-state index contributed by atoms with van der Waals surface area (Å²) in [4.78, 5) is 22.7. The van der Waals surface area contributed by atoms with Crippen molar-refractivity contribution in [2.24, 2.45) is 7.05 Å². The summed E-state index contributed by atoms with van der Waals surface area (Å²) in [6, 6.07) is 1.76. The Morgan fingerprint density at radius 2 is 2.11 bits per heavy atom. The number of carbonyl (C=O) groups excluding carboxylic acids is 2. The molecule has 0 saturated carbocycles. The molecule has 0 atom stereocenters. The number of amides is 1. The maximum atomic E-state index is 11.8. The normalized spacial score (nSPS) is 10.3. The van der Waals surface area contributed by atoms with Gasteiger partial charge < -0.3 is 10.1 Å². The molecule has 0 radical (unpaired) electrons. The van der Waals surface area contributed by atoms with E-state index < -0.39 is 0 Å². The number of methoxy groups -OCH3 is 1. The molecule has 1 rings (SSSR count). The van der Waals surface area contributed by atoms with Crippen molar-refractivity contribution in [3.8, 4) is 0 Å². The topological polar surface area (TPSA) is 73.2 Å². The largest absolute Gasteiger partial charge is 0.469 e. The lowest BCUT2D eigenvalue weighted by Gasteiger charge is -2.05. The number of hydrogen-bond acceptors (Lipinski definition) is 4. The third-order valence-electron chi connectivity index (χ3n) is 2.81. The highest BCUT2D eigenvalue weighted by Gasteiger charge is 2.10. The number of aromatic nitrogens is 2. The van der Waals surface area contributed by atoms with Crippen LogP contribution in [0, 0.1) is 6.92 Å². The quantitative estimate of drug-likeness (QED) is 0.595. The fraction of sp³-hybridized carbons (Fsp3) is 0.615. The van der Waals surface area contributed by atoms with E-state index in [0.717, 1.165) is 25.0 Å². The van der Waals surface area contributed by atoms with Gasteiger partial charge in [0.25, 0.3) is 5.91 Å². The Bertz CT molecular complexity index is 440. The molecule has 0 saturated heterocycles. The molecule has 6 nitrogen and oxygen atoms in total. The molecule has 0 aliphatic heterocycles. The van der Waals surface area contributed by atoms with Crippen LogP contribution >= 0.6 is 0 Å². The molecule has 0 aliphatic carbocycles. The number of nitrogens with one attached hydrogen (secondary N) is 1. The molecule has 106 valence electrons.